The summed E-state index contributed by atoms with van der Waals surface area (Å²) < 4.78 is 0. The Balaban J connectivity index is 2.10. The van der Waals surface area contributed by atoms with E-state index in [0.717, 1.165) is 12.5 Å². The van der Waals surface area contributed by atoms with Gasteiger partial charge in [0.25, 0.3) is 0 Å². The van der Waals surface area contributed by atoms with Gasteiger partial charge in [0.05, 0.1) is 0 Å². The van der Waals surface area contributed by atoms with E-state index in [1.807, 2.05) is 0 Å². The molecule has 17 heavy (non-hydrogen) atoms. The Morgan fingerprint density at radius 3 is 2.65 bits per heavy atom. The van der Waals surface area contributed by atoms with E-state index in [-0.39, 0.29) is 0 Å². The first-order chi connectivity index (χ1) is 8.34. The molecule has 0 bridgehead atoms. The minimum Gasteiger partial charge on any atom is -0.384 e. The topological polar surface area (TPSA) is 12.0 Å². The van der Waals surface area contributed by atoms with Gasteiger partial charge >= 0.3 is 0 Å². The lowest BCUT2D eigenvalue weighted by Gasteiger charge is -2.25. The van der Waals surface area contributed by atoms with Crippen LogP contribution in [0.3, 0.4) is 0 Å². The van der Waals surface area contributed by atoms with Gasteiger partial charge in [-0.05, 0) is 23.5 Å². The smallest absolute Gasteiger partial charge is 0.0452 e. The van der Waals surface area contributed by atoms with Gasteiger partial charge in [0.1, 0.15) is 0 Å². The van der Waals surface area contributed by atoms with E-state index in [0.29, 0.717) is 0 Å². The molecule has 1 heterocycles. The summed E-state index contributed by atoms with van der Waals surface area (Å²) in [5, 5.41) is 3.58. The van der Waals surface area contributed by atoms with Crippen molar-refractivity contribution in [1.29, 1.82) is 0 Å². The zero-order valence-electron chi connectivity index (χ0n) is 10.1. The van der Waals surface area contributed by atoms with Crippen LogP contribution in [-0.4, -0.2) is 6.54 Å². The van der Waals surface area contributed by atoms with E-state index in [1.54, 1.807) is 0 Å². The number of nitrogens with one attached hydrogen (secondary N) is 1. The molecule has 0 amide bonds. The van der Waals surface area contributed by atoms with Crippen LogP contribution in [0.25, 0.3) is 11.1 Å². The lowest BCUT2D eigenvalue weighted by Crippen LogP contribution is -2.21. The highest BCUT2D eigenvalue weighted by Crippen LogP contribution is 2.34. The number of rotatable bonds is 1. The third-order valence-corrected chi connectivity index (χ3v) is 3.43. The highest BCUT2D eigenvalue weighted by Gasteiger charge is 2.17. The molecule has 1 N–H and O–H groups in total. The number of hydrogen-bond acceptors (Lipinski definition) is 1. The van der Waals surface area contributed by atoms with Gasteiger partial charge in [0.15, 0.2) is 0 Å². The molecular formula is C16H17N. The molecule has 0 spiro atoms. The third-order valence-electron chi connectivity index (χ3n) is 3.43. The van der Waals surface area contributed by atoms with E-state index in [4.69, 9.17) is 0 Å². The maximum absolute atomic E-state index is 3.58. The van der Waals surface area contributed by atoms with Crippen LogP contribution in [0.2, 0.25) is 0 Å². The number of hydrogen-bond donors (Lipinski definition) is 1. The first-order valence-corrected chi connectivity index (χ1v) is 6.26. The molecule has 0 aromatic heterocycles. The first-order valence-electron chi connectivity index (χ1n) is 6.26. The summed E-state index contributed by atoms with van der Waals surface area (Å²) in [5.41, 5.74) is 5.41. The predicted octanol–water partition coefficient (Wildman–Crippen LogP) is 3.96. The van der Waals surface area contributed by atoms with Crippen LogP contribution in [0.15, 0.2) is 48.5 Å². The Morgan fingerprint density at radius 1 is 1.00 bits per heavy atom. The SMILES string of the molecule is CC1CNc2c(cccc2-c2ccccc2)C1. The lowest BCUT2D eigenvalue weighted by molar-refractivity contribution is 0.595. The molecule has 0 radical (unpaired) electrons. The van der Waals surface area contributed by atoms with Crippen molar-refractivity contribution in [3.05, 3.63) is 54.1 Å². The molecule has 86 valence electrons. The van der Waals surface area contributed by atoms with Gasteiger partial charge in [-0.25, -0.2) is 0 Å². The van der Waals surface area contributed by atoms with E-state index in [9.17, 15) is 0 Å². The van der Waals surface area contributed by atoms with Crippen LogP contribution in [0.1, 0.15) is 12.5 Å². The minimum atomic E-state index is 0.730. The van der Waals surface area contributed by atoms with Gasteiger partial charge < -0.3 is 5.32 Å². The summed E-state index contributed by atoms with van der Waals surface area (Å²) in [6.45, 7) is 3.38. The minimum absolute atomic E-state index is 0.730. The molecule has 0 saturated carbocycles. The monoisotopic (exact) mass is 223 g/mol. The van der Waals surface area contributed by atoms with Gasteiger partial charge in [-0.2, -0.15) is 0 Å². The van der Waals surface area contributed by atoms with Crippen LogP contribution in [0, 0.1) is 5.92 Å². The Hall–Kier alpha value is -1.76. The Kier molecular flexibility index (Phi) is 2.60. The third kappa shape index (κ3) is 1.93. The fraction of sp³-hybridized carbons (Fsp3) is 0.250. The molecular weight excluding hydrogens is 206 g/mol. The van der Waals surface area contributed by atoms with Crippen LogP contribution in [0.4, 0.5) is 5.69 Å². The number of para-hydroxylation sites is 1. The zero-order chi connectivity index (χ0) is 11.7. The van der Waals surface area contributed by atoms with Crippen molar-refractivity contribution in [1.82, 2.24) is 0 Å². The summed E-state index contributed by atoms with van der Waals surface area (Å²) in [7, 11) is 0. The molecule has 0 fully saturated rings. The van der Waals surface area contributed by atoms with Gasteiger partial charge in [0, 0.05) is 17.8 Å². The molecule has 1 aliphatic rings. The number of benzene rings is 2. The highest BCUT2D eigenvalue weighted by molar-refractivity contribution is 5.80. The summed E-state index contributed by atoms with van der Waals surface area (Å²) in [5.74, 6) is 0.730. The normalized spacial score (nSPS) is 18.3. The van der Waals surface area contributed by atoms with Crippen LogP contribution >= 0.6 is 0 Å². The molecule has 1 heteroatoms. The molecule has 1 nitrogen and oxygen atoms in total. The molecule has 2 aromatic carbocycles. The van der Waals surface area contributed by atoms with E-state index < -0.39 is 0 Å². The summed E-state index contributed by atoms with van der Waals surface area (Å²) in [4.78, 5) is 0. The zero-order valence-corrected chi connectivity index (χ0v) is 10.1. The van der Waals surface area contributed by atoms with Gasteiger partial charge in [0.2, 0.25) is 0 Å². The molecule has 1 atom stereocenters. The predicted molar refractivity (Wildman–Crippen MR) is 73.2 cm³/mol. The average molecular weight is 223 g/mol. The second kappa shape index (κ2) is 4.25. The van der Waals surface area contributed by atoms with Crippen molar-refractivity contribution in [2.24, 2.45) is 5.92 Å². The van der Waals surface area contributed by atoms with Crippen LogP contribution < -0.4 is 5.32 Å². The first kappa shape index (κ1) is 10.4. The average Bonchev–Trinajstić information content (AvgIpc) is 2.39. The highest BCUT2D eigenvalue weighted by atomic mass is 14.9. The molecule has 2 aromatic rings. The van der Waals surface area contributed by atoms with E-state index in [1.165, 1.54) is 28.8 Å². The fourth-order valence-electron chi connectivity index (χ4n) is 2.56. The second-order valence-electron chi connectivity index (χ2n) is 4.90. The Bertz CT molecular complexity index is 516. The molecule has 1 unspecified atom stereocenters. The summed E-state index contributed by atoms with van der Waals surface area (Å²) >= 11 is 0. The van der Waals surface area contributed by atoms with Crippen molar-refractivity contribution in [3.8, 4) is 11.1 Å². The van der Waals surface area contributed by atoms with E-state index >= 15 is 0 Å². The van der Waals surface area contributed by atoms with Crippen molar-refractivity contribution < 1.29 is 0 Å². The van der Waals surface area contributed by atoms with Crippen molar-refractivity contribution >= 4 is 5.69 Å². The maximum atomic E-state index is 3.58. The lowest BCUT2D eigenvalue weighted by atomic mass is 9.91. The molecule has 1 aliphatic heterocycles. The number of fused-ring (bicyclic) bond motifs is 1. The van der Waals surface area contributed by atoms with Crippen LogP contribution in [-0.2, 0) is 6.42 Å². The van der Waals surface area contributed by atoms with Crippen molar-refractivity contribution in [2.75, 3.05) is 11.9 Å². The van der Waals surface area contributed by atoms with Gasteiger partial charge in [-0.3, -0.25) is 0 Å². The Morgan fingerprint density at radius 2 is 1.82 bits per heavy atom. The quantitative estimate of drug-likeness (QED) is 0.771. The van der Waals surface area contributed by atoms with Crippen molar-refractivity contribution in [2.45, 2.75) is 13.3 Å². The standard InChI is InChI=1S/C16H17N/c1-12-10-14-8-5-9-15(16(14)17-11-12)13-6-3-2-4-7-13/h2-9,12,17H,10-11H2,1H3. The molecule has 3 rings (SSSR count). The molecule has 0 saturated heterocycles. The molecule has 0 aliphatic carbocycles. The van der Waals surface area contributed by atoms with Gasteiger partial charge in [-0.15, -0.1) is 0 Å². The van der Waals surface area contributed by atoms with Crippen molar-refractivity contribution in [3.63, 3.8) is 0 Å². The summed E-state index contributed by atoms with van der Waals surface area (Å²) in [6.07, 6.45) is 1.18. The fourth-order valence-corrected chi connectivity index (χ4v) is 2.56. The second-order valence-corrected chi connectivity index (χ2v) is 4.90. The van der Waals surface area contributed by atoms with Crippen LogP contribution in [0.5, 0.6) is 0 Å². The van der Waals surface area contributed by atoms with E-state index in [2.05, 4.69) is 60.8 Å². The maximum Gasteiger partial charge on any atom is 0.0452 e. The summed E-state index contributed by atoms with van der Waals surface area (Å²) in [6, 6.07) is 17.2. The largest absolute Gasteiger partial charge is 0.384 e. The van der Waals surface area contributed by atoms with Gasteiger partial charge in [-0.1, -0.05) is 55.5 Å². The Labute approximate surface area is 102 Å². The number of anilines is 1.